The van der Waals surface area contributed by atoms with Crippen molar-refractivity contribution in [3.8, 4) is 0 Å². The fourth-order valence-electron chi connectivity index (χ4n) is 3.96. The summed E-state index contributed by atoms with van der Waals surface area (Å²) in [5.74, 6) is -1.36. The van der Waals surface area contributed by atoms with Gasteiger partial charge in [0.1, 0.15) is 17.7 Å². The summed E-state index contributed by atoms with van der Waals surface area (Å²) in [7, 11) is 0. The van der Waals surface area contributed by atoms with Gasteiger partial charge in [0.2, 0.25) is 17.7 Å². The number of carbonyl (C=O) groups is 4. The monoisotopic (exact) mass is 518 g/mol. The standard InChI is InChI=1S/C28H46N4O5/c1-9-10-11-16-32(24(25(34)30-18(2)3)21-17-19(4)12-13-20(21)5)26(35)22(14-15-23(29)33)31-27(36)37-28(6,7)8/h12-13,17-18,22,24H,9-11,14-16H2,1-8H3,(H2,29,33)(H,30,34)(H,31,36). The molecule has 208 valence electrons. The summed E-state index contributed by atoms with van der Waals surface area (Å²) in [6.45, 7) is 15.1. The number of nitrogens with one attached hydrogen (secondary N) is 2. The minimum Gasteiger partial charge on any atom is -0.444 e. The number of ether oxygens (including phenoxy) is 1. The summed E-state index contributed by atoms with van der Waals surface area (Å²) in [5.41, 5.74) is 7.14. The van der Waals surface area contributed by atoms with Crippen LogP contribution in [0.1, 0.15) is 96.4 Å². The Balaban J connectivity index is 3.57. The number of nitrogens with two attached hydrogens (primary N) is 1. The number of benzene rings is 1. The zero-order valence-corrected chi connectivity index (χ0v) is 23.8. The molecule has 4 amide bonds. The highest BCUT2D eigenvalue weighted by molar-refractivity contribution is 5.92. The van der Waals surface area contributed by atoms with Gasteiger partial charge < -0.3 is 26.0 Å². The van der Waals surface area contributed by atoms with Crippen molar-refractivity contribution in [1.29, 1.82) is 0 Å². The van der Waals surface area contributed by atoms with Crippen LogP contribution >= 0.6 is 0 Å². The fraction of sp³-hybridized carbons (Fsp3) is 0.643. The first-order valence-electron chi connectivity index (χ1n) is 13.1. The van der Waals surface area contributed by atoms with Crippen LogP contribution in [0.4, 0.5) is 4.79 Å². The average molecular weight is 519 g/mol. The van der Waals surface area contributed by atoms with Crippen molar-refractivity contribution in [1.82, 2.24) is 15.5 Å². The quantitative estimate of drug-likeness (QED) is 0.339. The van der Waals surface area contributed by atoms with E-state index in [1.807, 2.05) is 45.9 Å². The summed E-state index contributed by atoms with van der Waals surface area (Å²) in [6.07, 6.45) is 1.56. The van der Waals surface area contributed by atoms with Crippen LogP contribution in [0, 0.1) is 13.8 Å². The first kappa shape index (κ1) is 31.9. The normalized spacial score (nSPS) is 13.0. The molecule has 0 aliphatic rings. The van der Waals surface area contributed by atoms with Crippen molar-refractivity contribution < 1.29 is 23.9 Å². The lowest BCUT2D eigenvalue weighted by atomic mass is 9.95. The van der Waals surface area contributed by atoms with Crippen LogP contribution in [0.15, 0.2) is 18.2 Å². The number of aryl methyl sites for hydroxylation is 2. The molecule has 1 aromatic rings. The summed E-state index contributed by atoms with van der Waals surface area (Å²) in [6, 6.07) is 3.65. The van der Waals surface area contributed by atoms with E-state index in [4.69, 9.17) is 10.5 Å². The lowest BCUT2D eigenvalue weighted by Crippen LogP contribution is -2.54. The van der Waals surface area contributed by atoms with E-state index in [1.165, 1.54) is 4.90 Å². The number of hydrogen-bond acceptors (Lipinski definition) is 5. The van der Waals surface area contributed by atoms with Gasteiger partial charge in [-0.25, -0.2) is 4.79 Å². The third-order valence-electron chi connectivity index (χ3n) is 5.67. The Morgan fingerprint density at radius 1 is 1.05 bits per heavy atom. The molecule has 1 aromatic carbocycles. The highest BCUT2D eigenvalue weighted by Gasteiger charge is 2.37. The third kappa shape index (κ3) is 11.2. The Morgan fingerprint density at radius 3 is 2.24 bits per heavy atom. The van der Waals surface area contributed by atoms with Gasteiger partial charge in [-0.3, -0.25) is 14.4 Å². The van der Waals surface area contributed by atoms with Gasteiger partial charge in [-0.15, -0.1) is 0 Å². The molecule has 2 unspecified atom stereocenters. The van der Waals surface area contributed by atoms with Gasteiger partial charge in [-0.1, -0.05) is 43.5 Å². The van der Waals surface area contributed by atoms with E-state index in [0.29, 0.717) is 18.5 Å². The van der Waals surface area contributed by atoms with Gasteiger partial charge in [0, 0.05) is 19.0 Å². The summed E-state index contributed by atoms with van der Waals surface area (Å²) in [5, 5.41) is 5.58. The molecule has 0 saturated carbocycles. The van der Waals surface area contributed by atoms with Crippen molar-refractivity contribution in [3.63, 3.8) is 0 Å². The molecule has 0 radical (unpaired) electrons. The number of unbranched alkanes of at least 4 members (excludes halogenated alkanes) is 2. The maximum atomic E-state index is 14.1. The summed E-state index contributed by atoms with van der Waals surface area (Å²) < 4.78 is 5.37. The molecule has 4 N–H and O–H groups in total. The molecular formula is C28H46N4O5. The van der Waals surface area contributed by atoms with E-state index in [-0.39, 0.29) is 24.8 Å². The zero-order chi connectivity index (χ0) is 28.3. The van der Waals surface area contributed by atoms with Gasteiger partial charge in [0.05, 0.1) is 0 Å². The van der Waals surface area contributed by atoms with Crippen LogP contribution < -0.4 is 16.4 Å². The van der Waals surface area contributed by atoms with Crippen LogP contribution in [0.3, 0.4) is 0 Å². The Bertz CT molecular complexity index is 939. The van der Waals surface area contributed by atoms with Gasteiger partial charge >= 0.3 is 6.09 Å². The predicted octanol–water partition coefficient (Wildman–Crippen LogP) is 4.05. The molecule has 2 atom stereocenters. The Hall–Kier alpha value is -3.10. The molecule has 0 aromatic heterocycles. The fourth-order valence-corrected chi connectivity index (χ4v) is 3.96. The molecule has 0 aliphatic carbocycles. The summed E-state index contributed by atoms with van der Waals surface area (Å²) >= 11 is 0. The number of amides is 4. The van der Waals surface area contributed by atoms with E-state index in [9.17, 15) is 19.2 Å². The first-order chi connectivity index (χ1) is 17.2. The van der Waals surface area contributed by atoms with E-state index in [0.717, 1.165) is 24.0 Å². The van der Waals surface area contributed by atoms with E-state index < -0.39 is 35.6 Å². The maximum absolute atomic E-state index is 14.1. The van der Waals surface area contributed by atoms with Crippen LogP contribution in [-0.4, -0.2) is 52.9 Å². The molecule has 0 spiro atoms. The molecule has 37 heavy (non-hydrogen) atoms. The second-order valence-corrected chi connectivity index (χ2v) is 10.9. The third-order valence-corrected chi connectivity index (χ3v) is 5.67. The number of primary amides is 1. The van der Waals surface area contributed by atoms with E-state index in [2.05, 4.69) is 17.6 Å². The van der Waals surface area contributed by atoms with E-state index >= 15 is 0 Å². The van der Waals surface area contributed by atoms with Crippen molar-refractivity contribution >= 4 is 23.8 Å². The highest BCUT2D eigenvalue weighted by atomic mass is 16.6. The highest BCUT2D eigenvalue weighted by Crippen LogP contribution is 2.28. The number of rotatable bonds is 13. The van der Waals surface area contributed by atoms with Crippen molar-refractivity contribution in [2.75, 3.05) is 6.54 Å². The SMILES string of the molecule is CCCCCN(C(=O)C(CCC(N)=O)NC(=O)OC(C)(C)C)C(C(=O)NC(C)C)c1cc(C)ccc1C. The minimum atomic E-state index is -1.09. The van der Waals surface area contributed by atoms with Gasteiger partial charge in [-0.2, -0.15) is 0 Å². The first-order valence-corrected chi connectivity index (χ1v) is 13.1. The largest absolute Gasteiger partial charge is 0.444 e. The van der Waals surface area contributed by atoms with Gasteiger partial charge in [-0.05, 0) is 72.4 Å². The van der Waals surface area contributed by atoms with Crippen LogP contribution in [0.5, 0.6) is 0 Å². The Morgan fingerprint density at radius 2 is 1.70 bits per heavy atom. The minimum absolute atomic E-state index is 0.0109. The number of hydrogen-bond donors (Lipinski definition) is 3. The number of nitrogens with zero attached hydrogens (tertiary/aromatic N) is 1. The van der Waals surface area contributed by atoms with Gasteiger partial charge in [0.25, 0.3) is 0 Å². The Labute approximate surface area is 221 Å². The molecule has 0 fully saturated rings. The zero-order valence-electron chi connectivity index (χ0n) is 23.8. The second kappa shape index (κ2) is 14.6. The van der Waals surface area contributed by atoms with Crippen LogP contribution in [-0.2, 0) is 19.1 Å². The molecule has 0 heterocycles. The summed E-state index contributed by atoms with van der Waals surface area (Å²) in [4.78, 5) is 53.4. The molecule has 9 nitrogen and oxygen atoms in total. The second-order valence-electron chi connectivity index (χ2n) is 10.9. The van der Waals surface area contributed by atoms with Crippen LogP contribution in [0.25, 0.3) is 0 Å². The maximum Gasteiger partial charge on any atom is 0.408 e. The molecular weight excluding hydrogens is 472 g/mol. The van der Waals surface area contributed by atoms with Crippen molar-refractivity contribution in [3.05, 3.63) is 34.9 Å². The lowest BCUT2D eigenvalue weighted by molar-refractivity contribution is -0.143. The number of alkyl carbamates (subject to hydrolysis) is 1. The lowest BCUT2D eigenvalue weighted by Gasteiger charge is -2.35. The van der Waals surface area contributed by atoms with Crippen LogP contribution in [0.2, 0.25) is 0 Å². The Kier molecular flexibility index (Phi) is 12.6. The molecule has 1 rings (SSSR count). The van der Waals surface area contributed by atoms with Gasteiger partial charge in [0.15, 0.2) is 0 Å². The van der Waals surface area contributed by atoms with E-state index in [1.54, 1.807) is 20.8 Å². The number of carbonyl (C=O) groups excluding carboxylic acids is 4. The van der Waals surface area contributed by atoms with Crippen molar-refractivity contribution in [2.45, 2.75) is 111 Å². The topological polar surface area (TPSA) is 131 Å². The molecule has 9 heteroatoms. The molecule has 0 bridgehead atoms. The molecule has 0 aliphatic heterocycles. The van der Waals surface area contributed by atoms with Crippen molar-refractivity contribution in [2.24, 2.45) is 5.73 Å². The molecule has 0 saturated heterocycles. The smallest absolute Gasteiger partial charge is 0.408 e. The average Bonchev–Trinajstić information content (AvgIpc) is 2.75. The predicted molar refractivity (Wildman–Crippen MR) is 145 cm³/mol.